The maximum absolute atomic E-state index is 13.7. The van der Waals surface area contributed by atoms with Gasteiger partial charge in [0.05, 0.1) is 18.3 Å². The van der Waals surface area contributed by atoms with Gasteiger partial charge in [-0.15, -0.1) is 0 Å². The number of rotatable bonds is 6. The van der Waals surface area contributed by atoms with Gasteiger partial charge in [0.1, 0.15) is 30.0 Å². The van der Waals surface area contributed by atoms with E-state index in [2.05, 4.69) is 20.5 Å². The second-order valence-corrected chi connectivity index (χ2v) is 10.8. The third kappa shape index (κ3) is 5.53. The van der Waals surface area contributed by atoms with E-state index in [0.717, 1.165) is 37.2 Å². The summed E-state index contributed by atoms with van der Waals surface area (Å²) in [5.74, 6) is 0.547. The van der Waals surface area contributed by atoms with Gasteiger partial charge in [-0.2, -0.15) is 0 Å². The van der Waals surface area contributed by atoms with E-state index < -0.39 is 5.79 Å². The van der Waals surface area contributed by atoms with Crippen LogP contribution in [0.25, 0.3) is 0 Å². The smallest absolute Gasteiger partial charge is 0.329 e. The maximum atomic E-state index is 13.7. The van der Waals surface area contributed by atoms with Crippen molar-refractivity contribution >= 4 is 29.3 Å². The molecule has 0 aliphatic carbocycles. The molecule has 3 aliphatic heterocycles. The molecule has 0 radical (unpaired) electrons. The number of nitrogens with one attached hydrogen (secondary N) is 2. The van der Waals surface area contributed by atoms with Crippen molar-refractivity contribution < 1.29 is 23.8 Å². The van der Waals surface area contributed by atoms with Crippen LogP contribution >= 0.6 is 0 Å². The minimum absolute atomic E-state index is 0.0250. The van der Waals surface area contributed by atoms with Gasteiger partial charge in [0.15, 0.2) is 11.6 Å². The topological polar surface area (TPSA) is 118 Å². The number of anilines is 3. The van der Waals surface area contributed by atoms with Gasteiger partial charge in [-0.1, -0.05) is 0 Å². The Morgan fingerprint density at radius 3 is 2.84 bits per heavy atom. The van der Waals surface area contributed by atoms with Gasteiger partial charge in [0.25, 0.3) is 5.91 Å². The summed E-state index contributed by atoms with van der Waals surface area (Å²) in [6.45, 7) is 11.9. The number of ether oxygens (including phenoxy) is 3. The van der Waals surface area contributed by atoms with Crippen molar-refractivity contribution in [2.75, 3.05) is 41.4 Å². The predicted octanol–water partition coefficient (Wildman–Crippen LogP) is 3.47. The average molecular weight is 525 g/mol. The zero-order chi connectivity index (χ0) is 27.0. The Labute approximate surface area is 222 Å². The molecule has 3 amide bonds. The molecular weight excluding hydrogens is 488 g/mol. The van der Waals surface area contributed by atoms with Crippen LogP contribution in [-0.4, -0.2) is 72.2 Å². The third-order valence-corrected chi connectivity index (χ3v) is 6.81. The lowest BCUT2D eigenvalue weighted by Gasteiger charge is -2.46. The Morgan fingerprint density at radius 2 is 2.11 bits per heavy atom. The molecule has 2 bridgehead atoms. The fourth-order valence-electron chi connectivity index (χ4n) is 5.24. The van der Waals surface area contributed by atoms with Crippen molar-refractivity contribution in [1.29, 1.82) is 0 Å². The number of fused-ring (bicyclic) bond motifs is 4. The fourth-order valence-corrected chi connectivity index (χ4v) is 5.24. The third-order valence-electron chi connectivity index (χ3n) is 6.81. The van der Waals surface area contributed by atoms with E-state index in [1.54, 1.807) is 29.3 Å². The summed E-state index contributed by atoms with van der Waals surface area (Å²) >= 11 is 0. The van der Waals surface area contributed by atoms with Crippen molar-refractivity contribution in [1.82, 2.24) is 15.3 Å². The number of carbonyl (C=O) groups excluding carboxylic acids is 2. The highest BCUT2D eigenvalue weighted by molar-refractivity contribution is 6.05. The molecule has 11 nitrogen and oxygen atoms in total. The zero-order valence-corrected chi connectivity index (χ0v) is 22.6. The van der Waals surface area contributed by atoms with Crippen LogP contribution < -0.4 is 25.2 Å². The lowest BCUT2D eigenvalue weighted by Crippen LogP contribution is -2.56. The number of nitrogens with zero attached hydrogens (tertiary/aromatic N) is 4. The van der Waals surface area contributed by atoms with Crippen molar-refractivity contribution in [2.24, 2.45) is 0 Å². The molecule has 3 aliphatic rings. The molecule has 2 saturated heterocycles. The average Bonchev–Trinajstić information content (AvgIpc) is 3.21. The Kier molecular flexibility index (Phi) is 7.15. The van der Waals surface area contributed by atoms with Crippen molar-refractivity contribution in [2.45, 2.75) is 71.4 Å². The van der Waals surface area contributed by atoms with E-state index in [-0.39, 0.29) is 30.1 Å². The molecule has 2 aromatic rings. The van der Waals surface area contributed by atoms with Crippen molar-refractivity contribution in [3.05, 3.63) is 35.7 Å². The molecule has 204 valence electrons. The molecule has 0 spiro atoms. The molecule has 2 aromatic heterocycles. The molecule has 0 unspecified atom stereocenters. The normalized spacial score (nSPS) is 21.7. The number of amides is 3. The molecule has 5 rings (SSSR count). The highest BCUT2D eigenvalue weighted by Crippen LogP contribution is 2.40. The minimum atomic E-state index is -0.618. The van der Waals surface area contributed by atoms with Gasteiger partial charge >= 0.3 is 6.03 Å². The minimum Gasteiger partial charge on any atom is -0.491 e. The predicted molar refractivity (Wildman–Crippen MR) is 143 cm³/mol. The van der Waals surface area contributed by atoms with Gasteiger partial charge < -0.3 is 24.4 Å². The molecule has 5 heterocycles. The van der Waals surface area contributed by atoms with E-state index in [1.165, 1.54) is 0 Å². The van der Waals surface area contributed by atoms with Crippen molar-refractivity contribution in [3.63, 3.8) is 0 Å². The van der Waals surface area contributed by atoms with Gasteiger partial charge in [0.2, 0.25) is 0 Å². The Bertz CT molecular complexity index is 1220. The summed E-state index contributed by atoms with van der Waals surface area (Å²) in [5, 5.41) is 5.81. The van der Waals surface area contributed by atoms with Crippen LogP contribution in [0.3, 0.4) is 0 Å². The van der Waals surface area contributed by atoms with Crippen molar-refractivity contribution in [3.8, 4) is 5.75 Å². The van der Waals surface area contributed by atoms with E-state index in [4.69, 9.17) is 19.2 Å². The van der Waals surface area contributed by atoms with Crippen LogP contribution in [0.15, 0.2) is 24.4 Å². The Morgan fingerprint density at radius 1 is 1.29 bits per heavy atom. The molecule has 2 atom stereocenters. The highest BCUT2D eigenvalue weighted by Gasteiger charge is 2.40. The summed E-state index contributed by atoms with van der Waals surface area (Å²) < 4.78 is 17.3. The van der Waals surface area contributed by atoms with Crippen LogP contribution in [-0.2, 0) is 9.47 Å². The molecule has 38 heavy (non-hydrogen) atoms. The van der Waals surface area contributed by atoms with E-state index >= 15 is 0 Å². The first-order chi connectivity index (χ1) is 18.1. The molecule has 0 aromatic carbocycles. The maximum Gasteiger partial charge on any atom is 0.329 e. The summed E-state index contributed by atoms with van der Waals surface area (Å²) in [7, 11) is 0. The number of aromatic nitrogens is 2. The molecular formula is C27H36N6O5. The van der Waals surface area contributed by atoms with Crippen LogP contribution in [0.4, 0.5) is 22.1 Å². The summed E-state index contributed by atoms with van der Waals surface area (Å²) in [6, 6.07) is 4.78. The SMILES string of the molecule is Cc1cc(C(=O)NC(C)C)nc2c1N1CCC[C@@H](C1)N2C(=O)Nc1cc(OC[C@H]2COC(C)(C)O2)ccn1. The molecule has 2 fully saturated rings. The van der Waals surface area contributed by atoms with Gasteiger partial charge in [-0.25, -0.2) is 14.8 Å². The number of urea groups is 1. The summed E-state index contributed by atoms with van der Waals surface area (Å²) in [5.41, 5.74) is 2.10. The number of hydrogen-bond acceptors (Lipinski definition) is 8. The van der Waals surface area contributed by atoms with E-state index in [0.29, 0.717) is 36.3 Å². The number of carbonyl (C=O) groups is 2. The molecule has 2 N–H and O–H groups in total. The highest BCUT2D eigenvalue weighted by atomic mass is 16.7. The number of hydrogen-bond donors (Lipinski definition) is 2. The quantitative estimate of drug-likeness (QED) is 0.590. The second-order valence-electron chi connectivity index (χ2n) is 10.8. The van der Waals surface area contributed by atoms with E-state index in [1.807, 2.05) is 34.6 Å². The van der Waals surface area contributed by atoms with Gasteiger partial charge in [-0.3, -0.25) is 15.0 Å². The second kappa shape index (κ2) is 10.4. The lowest BCUT2D eigenvalue weighted by molar-refractivity contribution is -0.141. The number of pyridine rings is 2. The van der Waals surface area contributed by atoms with Gasteiger partial charge in [-0.05, 0) is 65.2 Å². The van der Waals surface area contributed by atoms with Crippen LogP contribution in [0.1, 0.15) is 56.6 Å². The largest absolute Gasteiger partial charge is 0.491 e. The summed E-state index contributed by atoms with van der Waals surface area (Å²) in [4.78, 5) is 39.4. The van der Waals surface area contributed by atoms with Crippen LogP contribution in [0.2, 0.25) is 0 Å². The van der Waals surface area contributed by atoms with Gasteiger partial charge in [0, 0.05) is 31.4 Å². The lowest BCUT2D eigenvalue weighted by atomic mass is 9.98. The first-order valence-electron chi connectivity index (χ1n) is 13.2. The monoisotopic (exact) mass is 524 g/mol. The molecule has 11 heteroatoms. The number of piperidine rings is 1. The standard InChI is InChI=1S/C27H36N6O5/c1-16(2)29-25(34)21-11-17(3)23-24(30-21)33(18-7-6-10-32(23)13-18)26(35)31-22-12-19(8-9-28-22)36-14-20-15-37-27(4,5)38-20/h8-9,11-12,16,18,20H,6-7,10,13-15H2,1-5H3,(H,29,34)(H,28,31,35)/t18-,20-/m0/s1. The van der Waals surface area contributed by atoms with Crippen LogP contribution in [0, 0.1) is 6.92 Å². The number of aryl methyl sites for hydroxylation is 1. The Hall–Kier alpha value is -3.44. The Balaban J connectivity index is 1.36. The fraction of sp³-hybridized carbons (Fsp3) is 0.556. The van der Waals surface area contributed by atoms with E-state index in [9.17, 15) is 9.59 Å². The first-order valence-corrected chi connectivity index (χ1v) is 13.2. The first kappa shape index (κ1) is 26.2. The summed E-state index contributed by atoms with van der Waals surface area (Å²) in [6.07, 6.45) is 3.23. The molecule has 0 saturated carbocycles. The zero-order valence-electron chi connectivity index (χ0n) is 22.6. The van der Waals surface area contributed by atoms with Crippen LogP contribution in [0.5, 0.6) is 5.75 Å².